The predicted molar refractivity (Wildman–Crippen MR) is 118 cm³/mol. The number of imidazole rings is 1. The first-order valence-electron chi connectivity index (χ1n) is 9.54. The molecular weight excluding hydrogens is 444 g/mol. The number of hydrogen-bond donors (Lipinski definition) is 1. The van der Waals surface area contributed by atoms with E-state index >= 15 is 0 Å². The van der Waals surface area contributed by atoms with Gasteiger partial charge in [0.15, 0.2) is 11.8 Å². The van der Waals surface area contributed by atoms with Gasteiger partial charge in [-0.15, -0.1) is 4.73 Å². The minimum Gasteiger partial charge on any atom is -0.401 e. The quantitative estimate of drug-likeness (QED) is 0.433. The number of aromatic nitrogens is 5. The van der Waals surface area contributed by atoms with E-state index in [4.69, 9.17) is 28.0 Å². The maximum Gasteiger partial charge on any atom is 0.360 e. The SMILES string of the molecule is CC(On1c(=O)[nH]c2nc(-c3cnn(C(C)(C)C)c3)ccc21)c1c(Cl)ccc(F)c1Cl. The molecule has 0 aliphatic heterocycles. The lowest BCUT2D eigenvalue weighted by Crippen LogP contribution is -2.26. The van der Waals surface area contributed by atoms with Crippen LogP contribution in [0.3, 0.4) is 0 Å². The number of halogens is 3. The minimum absolute atomic E-state index is 0.149. The Morgan fingerprint density at radius 2 is 1.94 bits per heavy atom. The lowest BCUT2D eigenvalue weighted by Gasteiger charge is -2.18. The molecule has 0 aliphatic carbocycles. The molecule has 0 bridgehead atoms. The molecule has 1 atom stereocenters. The van der Waals surface area contributed by atoms with E-state index in [-0.39, 0.29) is 21.1 Å². The van der Waals surface area contributed by atoms with Crippen LogP contribution < -0.4 is 10.5 Å². The smallest absolute Gasteiger partial charge is 0.360 e. The normalized spacial score (nSPS) is 13.0. The maximum absolute atomic E-state index is 13.9. The average molecular weight is 464 g/mol. The van der Waals surface area contributed by atoms with Gasteiger partial charge in [0.25, 0.3) is 0 Å². The first-order valence-corrected chi connectivity index (χ1v) is 10.3. The molecule has 31 heavy (non-hydrogen) atoms. The molecule has 3 heterocycles. The van der Waals surface area contributed by atoms with Gasteiger partial charge >= 0.3 is 5.69 Å². The summed E-state index contributed by atoms with van der Waals surface area (Å²) in [7, 11) is 0. The van der Waals surface area contributed by atoms with E-state index in [1.807, 2.05) is 31.6 Å². The third-order valence-corrected chi connectivity index (χ3v) is 5.53. The van der Waals surface area contributed by atoms with Gasteiger partial charge in [-0.25, -0.2) is 14.2 Å². The highest BCUT2D eigenvalue weighted by atomic mass is 35.5. The molecule has 0 amide bonds. The van der Waals surface area contributed by atoms with Gasteiger partial charge in [0.1, 0.15) is 11.3 Å². The van der Waals surface area contributed by atoms with E-state index in [0.29, 0.717) is 16.9 Å². The number of H-pyrrole nitrogens is 1. The van der Waals surface area contributed by atoms with Crippen LogP contribution in [-0.2, 0) is 5.54 Å². The fourth-order valence-electron chi connectivity index (χ4n) is 3.18. The van der Waals surface area contributed by atoms with E-state index in [2.05, 4.69) is 15.1 Å². The van der Waals surface area contributed by atoms with Crippen LogP contribution in [0.2, 0.25) is 10.0 Å². The fraction of sp³-hybridized carbons (Fsp3) is 0.286. The minimum atomic E-state index is -0.794. The van der Waals surface area contributed by atoms with E-state index in [9.17, 15) is 9.18 Å². The van der Waals surface area contributed by atoms with Gasteiger partial charge in [-0.05, 0) is 52.0 Å². The number of nitrogens with one attached hydrogen (secondary N) is 1. The van der Waals surface area contributed by atoms with Crippen molar-refractivity contribution < 1.29 is 9.23 Å². The van der Waals surface area contributed by atoms with Crippen LogP contribution in [0.1, 0.15) is 39.4 Å². The van der Waals surface area contributed by atoms with Gasteiger partial charge in [0.05, 0.1) is 22.5 Å². The van der Waals surface area contributed by atoms with Gasteiger partial charge in [-0.2, -0.15) is 5.10 Å². The lowest BCUT2D eigenvalue weighted by molar-refractivity contribution is 0.0492. The van der Waals surface area contributed by atoms with E-state index in [1.165, 1.54) is 12.1 Å². The summed E-state index contributed by atoms with van der Waals surface area (Å²) in [5.74, 6) is -0.620. The van der Waals surface area contributed by atoms with Gasteiger partial charge in [0.2, 0.25) is 0 Å². The van der Waals surface area contributed by atoms with Crippen LogP contribution in [0.4, 0.5) is 4.39 Å². The molecule has 7 nitrogen and oxygen atoms in total. The number of rotatable bonds is 4. The molecule has 162 valence electrons. The zero-order valence-electron chi connectivity index (χ0n) is 17.3. The zero-order valence-corrected chi connectivity index (χ0v) is 18.8. The summed E-state index contributed by atoms with van der Waals surface area (Å²) in [5, 5.41) is 4.47. The monoisotopic (exact) mass is 463 g/mol. The molecule has 0 spiro atoms. The molecule has 3 aromatic heterocycles. The number of aromatic amines is 1. The van der Waals surface area contributed by atoms with Crippen LogP contribution in [0.5, 0.6) is 0 Å². The highest BCUT2D eigenvalue weighted by molar-refractivity contribution is 6.36. The van der Waals surface area contributed by atoms with Crippen LogP contribution in [-0.4, -0.2) is 24.5 Å². The maximum atomic E-state index is 13.9. The summed E-state index contributed by atoms with van der Waals surface area (Å²) in [4.78, 5) is 25.5. The van der Waals surface area contributed by atoms with Gasteiger partial charge in [0, 0.05) is 22.3 Å². The molecule has 10 heteroatoms. The summed E-state index contributed by atoms with van der Waals surface area (Å²) in [6, 6.07) is 6.05. The van der Waals surface area contributed by atoms with Crippen molar-refractivity contribution in [2.75, 3.05) is 0 Å². The van der Waals surface area contributed by atoms with Crippen molar-refractivity contribution in [2.24, 2.45) is 0 Å². The molecule has 0 saturated carbocycles. The summed E-state index contributed by atoms with van der Waals surface area (Å²) in [6.45, 7) is 7.77. The Bertz CT molecular complexity index is 1340. The molecule has 0 aliphatic rings. The van der Waals surface area contributed by atoms with E-state index in [0.717, 1.165) is 10.3 Å². The summed E-state index contributed by atoms with van der Waals surface area (Å²) >= 11 is 12.2. The number of nitrogens with zero attached hydrogens (tertiary/aromatic N) is 4. The van der Waals surface area contributed by atoms with Crippen molar-refractivity contribution in [1.29, 1.82) is 0 Å². The van der Waals surface area contributed by atoms with Gasteiger partial charge in [-0.3, -0.25) is 9.67 Å². The van der Waals surface area contributed by atoms with E-state index < -0.39 is 17.6 Å². The molecule has 1 N–H and O–H groups in total. The Morgan fingerprint density at radius 3 is 2.61 bits per heavy atom. The van der Waals surface area contributed by atoms with Crippen LogP contribution in [0.15, 0.2) is 41.5 Å². The fourth-order valence-corrected chi connectivity index (χ4v) is 3.86. The Labute approximate surface area is 187 Å². The van der Waals surface area contributed by atoms with Gasteiger partial charge < -0.3 is 4.84 Å². The topological polar surface area (TPSA) is 77.7 Å². The first kappa shape index (κ1) is 21.4. The summed E-state index contributed by atoms with van der Waals surface area (Å²) < 4.78 is 16.8. The third kappa shape index (κ3) is 3.93. The largest absolute Gasteiger partial charge is 0.401 e. The molecule has 0 fully saturated rings. The molecule has 1 unspecified atom stereocenters. The van der Waals surface area contributed by atoms with Crippen molar-refractivity contribution >= 4 is 34.4 Å². The summed E-state index contributed by atoms with van der Waals surface area (Å²) in [5.41, 5.74) is 1.80. The third-order valence-electron chi connectivity index (χ3n) is 4.82. The Balaban J connectivity index is 1.69. The van der Waals surface area contributed by atoms with Gasteiger partial charge in [-0.1, -0.05) is 23.2 Å². The second-order valence-electron chi connectivity index (χ2n) is 8.14. The van der Waals surface area contributed by atoms with Crippen LogP contribution in [0.25, 0.3) is 22.4 Å². The second-order valence-corrected chi connectivity index (χ2v) is 8.92. The molecule has 0 saturated heterocycles. The molecular formula is C21H20Cl2FN5O2. The second kappa shape index (κ2) is 7.69. The predicted octanol–water partition coefficient (Wildman–Crippen LogP) is 4.98. The van der Waals surface area contributed by atoms with E-state index in [1.54, 1.807) is 25.3 Å². The number of benzene rings is 1. The highest BCUT2D eigenvalue weighted by Gasteiger charge is 2.21. The van der Waals surface area contributed by atoms with Crippen LogP contribution in [0, 0.1) is 5.82 Å². The number of hydrogen-bond acceptors (Lipinski definition) is 4. The molecule has 4 aromatic rings. The van der Waals surface area contributed by atoms with Crippen LogP contribution >= 0.6 is 23.2 Å². The van der Waals surface area contributed by atoms with Crippen molar-refractivity contribution in [1.82, 2.24) is 24.5 Å². The Hall–Kier alpha value is -2.84. The highest BCUT2D eigenvalue weighted by Crippen LogP contribution is 2.33. The zero-order chi connectivity index (χ0) is 22.5. The first-order chi connectivity index (χ1) is 14.6. The lowest BCUT2D eigenvalue weighted by atomic mass is 10.1. The standard InChI is InChI=1S/C21H20Cl2FN5O2/c1-11(17-13(22)5-6-14(24)18(17)23)31-29-16-8-7-15(26-19(16)27-20(29)30)12-9-25-28(10-12)21(2,3)4/h5-11H,1-4H3,(H,26,27,30). The van der Waals surface area contributed by atoms with Crippen molar-refractivity contribution in [3.05, 3.63) is 68.6 Å². The average Bonchev–Trinajstić information content (AvgIpc) is 3.30. The number of fused-ring (bicyclic) bond motifs is 1. The Kier molecular flexibility index (Phi) is 5.31. The Morgan fingerprint density at radius 1 is 1.19 bits per heavy atom. The van der Waals surface area contributed by atoms with Crippen molar-refractivity contribution in [3.8, 4) is 11.3 Å². The molecule has 1 aromatic carbocycles. The molecule has 0 radical (unpaired) electrons. The van der Waals surface area contributed by atoms with Crippen molar-refractivity contribution in [3.63, 3.8) is 0 Å². The summed E-state index contributed by atoms with van der Waals surface area (Å²) in [6.07, 6.45) is 2.83. The molecule has 4 rings (SSSR count). The number of pyridine rings is 1. The van der Waals surface area contributed by atoms with Crippen molar-refractivity contribution in [2.45, 2.75) is 39.3 Å².